The average molecular weight is 392 g/mol. The van der Waals surface area contributed by atoms with Gasteiger partial charge in [-0.25, -0.2) is 8.78 Å². The zero-order valence-electron chi connectivity index (χ0n) is 16.0. The SMILES string of the molecule is COc1cc(OC)cc(C(=O)N[C@H](C(=O)Nc2cc(F)cc(F)c2)C(C)C)c1. The summed E-state index contributed by atoms with van der Waals surface area (Å²) in [6.07, 6.45) is 0. The van der Waals surface area contributed by atoms with Gasteiger partial charge < -0.3 is 20.1 Å². The highest BCUT2D eigenvalue weighted by atomic mass is 19.1. The fourth-order valence-corrected chi connectivity index (χ4v) is 2.54. The van der Waals surface area contributed by atoms with E-state index in [0.717, 1.165) is 12.1 Å². The Labute approximate surface area is 161 Å². The van der Waals surface area contributed by atoms with Crippen molar-refractivity contribution in [3.8, 4) is 11.5 Å². The van der Waals surface area contributed by atoms with Gasteiger partial charge >= 0.3 is 0 Å². The van der Waals surface area contributed by atoms with Crippen LogP contribution in [0.5, 0.6) is 11.5 Å². The van der Waals surface area contributed by atoms with E-state index >= 15 is 0 Å². The van der Waals surface area contributed by atoms with Gasteiger partial charge in [0.1, 0.15) is 29.2 Å². The molecule has 6 nitrogen and oxygen atoms in total. The number of rotatable bonds is 7. The van der Waals surface area contributed by atoms with E-state index < -0.39 is 29.5 Å². The van der Waals surface area contributed by atoms with Crippen molar-refractivity contribution < 1.29 is 27.8 Å². The van der Waals surface area contributed by atoms with Crippen LogP contribution >= 0.6 is 0 Å². The van der Waals surface area contributed by atoms with Gasteiger partial charge in [-0.2, -0.15) is 0 Å². The van der Waals surface area contributed by atoms with Gasteiger partial charge in [0, 0.05) is 23.4 Å². The highest BCUT2D eigenvalue weighted by Gasteiger charge is 2.25. The molecule has 1 atom stereocenters. The van der Waals surface area contributed by atoms with Gasteiger partial charge in [0.15, 0.2) is 0 Å². The van der Waals surface area contributed by atoms with Crippen molar-refractivity contribution in [3.63, 3.8) is 0 Å². The summed E-state index contributed by atoms with van der Waals surface area (Å²) in [7, 11) is 2.91. The minimum Gasteiger partial charge on any atom is -0.497 e. The van der Waals surface area contributed by atoms with E-state index in [0.29, 0.717) is 17.6 Å². The molecule has 2 amide bonds. The van der Waals surface area contributed by atoms with Crippen LogP contribution in [0.25, 0.3) is 0 Å². The number of carbonyl (C=O) groups excluding carboxylic acids is 2. The Balaban J connectivity index is 2.20. The second-order valence-electron chi connectivity index (χ2n) is 6.44. The molecule has 0 aliphatic carbocycles. The van der Waals surface area contributed by atoms with Crippen molar-refractivity contribution >= 4 is 17.5 Å². The summed E-state index contributed by atoms with van der Waals surface area (Å²) in [4.78, 5) is 25.2. The van der Waals surface area contributed by atoms with Gasteiger partial charge in [-0.1, -0.05) is 13.8 Å². The second-order valence-corrected chi connectivity index (χ2v) is 6.44. The molecule has 2 aromatic carbocycles. The molecular formula is C20H22F2N2O4. The number of amides is 2. The number of halogens is 2. The molecule has 2 rings (SSSR count). The topological polar surface area (TPSA) is 76.7 Å². The molecule has 0 saturated heterocycles. The quantitative estimate of drug-likeness (QED) is 0.758. The van der Waals surface area contributed by atoms with Crippen LogP contribution in [0.2, 0.25) is 0 Å². The van der Waals surface area contributed by atoms with E-state index in [-0.39, 0.29) is 17.2 Å². The summed E-state index contributed by atoms with van der Waals surface area (Å²) in [6, 6.07) is 6.39. The third-order valence-electron chi connectivity index (χ3n) is 3.98. The van der Waals surface area contributed by atoms with Crippen LogP contribution in [-0.4, -0.2) is 32.1 Å². The molecular weight excluding hydrogens is 370 g/mol. The lowest BCUT2D eigenvalue weighted by molar-refractivity contribution is -0.118. The number of nitrogens with one attached hydrogen (secondary N) is 2. The van der Waals surface area contributed by atoms with Crippen LogP contribution in [0.3, 0.4) is 0 Å². The Morgan fingerprint density at radius 2 is 1.43 bits per heavy atom. The third kappa shape index (κ3) is 5.42. The van der Waals surface area contributed by atoms with E-state index in [2.05, 4.69) is 10.6 Å². The minimum atomic E-state index is -0.934. The lowest BCUT2D eigenvalue weighted by atomic mass is 10.0. The maximum atomic E-state index is 13.3. The molecule has 0 saturated carbocycles. The van der Waals surface area contributed by atoms with Crippen molar-refractivity contribution in [2.45, 2.75) is 19.9 Å². The molecule has 0 bridgehead atoms. The van der Waals surface area contributed by atoms with Crippen molar-refractivity contribution in [1.29, 1.82) is 0 Å². The van der Waals surface area contributed by atoms with Crippen LogP contribution < -0.4 is 20.1 Å². The molecule has 0 radical (unpaired) electrons. The molecule has 0 aliphatic rings. The largest absolute Gasteiger partial charge is 0.497 e. The Hall–Kier alpha value is -3.16. The van der Waals surface area contributed by atoms with E-state index in [1.807, 2.05) is 0 Å². The average Bonchev–Trinajstić information content (AvgIpc) is 2.64. The normalized spacial score (nSPS) is 11.7. The summed E-state index contributed by atoms with van der Waals surface area (Å²) >= 11 is 0. The maximum absolute atomic E-state index is 13.3. The zero-order chi connectivity index (χ0) is 20.8. The summed E-state index contributed by atoms with van der Waals surface area (Å²) < 4.78 is 36.9. The highest BCUT2D eigenvalue weighted by molar-refractivity contribution is 6.01. The van der Waals surface area contributed by atoms with Gasteiger partial charge in [0.25, 0.3) is 5.91 Å². The van der Waals surface area contributed by atoms with Crippen molar-refractivity contribution in [3.05, 3.63) is 53.6 Å². The lowest BCUT2D eigenvalue weighted by Crippen LogP contribution is -2.47. The number of anilines is 1. The van der Waals surface area contributed by atoms with E-state index in [1.54, 1.807) is 19.9 Å². The number of hydrogen-bond donors (Lipinski definition) is 2. The predicted molar refractivity (Wildman–Crippen MR) is 101 cm³/mol. The molecule has 2 N–H and O–H groups in total. The fraction of sp³-hybridized carbons (Fsp3) is 0.300. The third-order valence-corrected chi connectivity index (χ3v) is 3.98. The monoisotopic (exact) mass is 392 g/mol. The van der Waals surface area contributed by atoms with E-state index in [1.165, 1.54) is 26.4 Å². The smallest absolute Gasteiger partial charge is 0.252 e. The van der Waals surface area contributed by atoms with Crippen LogP contribution in [0.4, 0.5) is 14.5 Å². The molecule has 150 valence electrons. The first-order valence-corrected chi connectivity index (χ1v) is 8.54. The summed E-state index contributed by atoms with van der Waals surface area (Å²) in [5.74, 6) is -2.18. The van der Waals surface area contributed by atoms with Crippen molar-refractivity contribution in [2.75, 3.05) is 19.5 Å². The first-order valence-electron chi connectivity index (χ1n) is 8.54. The zero-order valence-corrected chi connectivity index (χ0v) is 16.0. The van der Waals surface area contributed by atoms with Gasteiger partial charge in [-0.3, -0.25) is 9.59 Å². The standard InChI is InChI=1S/C20H22F2N2O4/c1-11(2)18(20(26)23-15-8-13(21)7-14(22)9-15)24-19(25)12-5-16(27-3)10-17(6-12)28-4/h5-11,18H,1-4H3,(H,23,26)(H,24,25)/t18-/m0/s1. The Kier molecular flexibility index (Phi) is 6.92. The van der Waals surface area contributed by atoms with Gasteiger partial charge in [-0.15, -0.1) is 0 Å². The van der Waals surface area contributed by atoms with E-state index in [4.69, 9.17) is 9.47 Å². The predicted octanol–water partition coefficient (Wildman–Crippen LogP) is 3.38. The van der Waals surface area contributed by atoms with Crippen LogP contribution in [-0.2, 0) is 4.79 Å². The Morgan fingerprint density at radius 1 is 0.893 bits per heavy atom. The minimum absolute atomic E-state index is 0.0366. The number of hydrogen-bond acceptors (Lipinski definition) is 4. The lowest BCUT2D eigenvalue weighted by Gasteiger charge is -2.22. The molecule has 0 fully saturated rings. The molecule has 28 heavy (non-hydrogen) atoms. The van der Waals surface area contributed by atoms with Crippen molar-refractivity contribution in [2.24, 2.45) is 5.92 Å². The van der Waals surface area contributed by atoms with Gasteiger partial charge in [0.05, 0.1) is 14.2 Å². The van der Waals surface area contributed by atoms with Crippen LogP contribution in [0, 0.1) is 17.6 Å². The molecule has 0 spiro atoms. The molecule has 8 heteroatoms. The number of ether oxygens (including phenoxy) is 2. The maximum Gasteiger partial charge on any atom is 0.252 e. The summed E-state index contributed by atoms with van der Waals surface area (Å²) in [5, 5.41) is 5.06. The number of methoxy groups -OCH3 is 2. The van der Waals surface area contributed by atoms with Crippen molar-refractivity contribution in [1.82, 2.24) is 5.32 Å². The summed E-state index contributed by atoms with van der Waals surface area (Å²) in [6.45, 7) is 3.48. The molecule has 0 aromatic heterocycles. The molecule has 0 unspecified atom stereocenters. The van der Waals surface area contributed by atoms with E-state index in [9.17, 15) is 18.4 Å². The molecule has 2 aromatic rings. The second kappa shape index (κ2) is 9.16. The first kappa shape index (κ1) is 21.1. The van der Waals surface area contributed by atoms with Crippen LogP contribution in [0.1, 0.15) is 24.2 Å². The Morgan fingerprint density at radius 3 is 1.89 bits per heavy atom. The van der Waals surface area contributed by atoms with Gasteiger partial charge in [0.2, 0.25) is 5.91 Å². The van der Waals surface area contributed by atoms with Gasteiger partial charge in [-0.05, 0) is 30.2 Å². The van der Waals surface area contributed by atoms with Crippen LogP contribution in [0.15, 0.2) is 36.4 Å². The first-order chi connectivity index (χ1) is 13.2. The summed E-state index contributed by atoms with van der Waals surface area (Å²) in [5.41, 5.74) is 0.205. The molecule has 0 aliphatic heterocycles. The Bertz CT molecular complexity index is 829. The number of benzene rings is 2. The fourth-order valence-electron chi connectivity index (χ4n) is 2.54. The highest BCUT2D eigenvalue weighted by Crippen LogP contribution is 2.23. The number of carbonyl (C=O) groups is 2. The molecule has 0 heterocycles.